The normalized spacial score (nSPS) is 14.9. The Labute approximate surface area is 194 Å². The molecule has 0 aliphatic carbocycles. The molecule has 180 valence electrons. The number of nitrogens with zero attached hydrogens (tertiary/aromatic N) is 5. The summed E-state index contributed by atoms with van der Waals surface area (Å²) in [5, 5.41) is 2.75. The van der Waals surface area contributed by atoms with Gasteiger partial charge in [0.2, 0.25) is 5.91 Å². The molecule has 4 rings (SSSR count). The Morgan fingerprint density at radius 1 is 1.06 bits per heavy atom. The molecule has 11 heteroatoms. The van der Waals surface area contributed by atoms with Crippen molar-refractivity contribution in [3.05, 3.63) is 70.3 Å². The van der Waals surface area contributed by atoms with Crippen molar-refractivity contribution in [3.8, 4) is 5.69 Å². The summed E-state index contributed by atoms with van der Waals surface area (Å²) >= 11 is 0. The highest BCUT2D eigenvalue weighted by Gasteiger charge is 2.31. The van der Waals surface area contributed by atoms with Crippen LogP contribution < -0.4 is 15.8 Å². The Kier molecular flexibility index (Phi) is 6.47. The van der Waals surface area contributed by atoms with Crippen LogP contribution in [0.4, 0.5) is 24.7 Å². The predicted octanol–water partition coefficient (Wildman–Crippen LogP) is 2.66. The van der Waals surface area contributed by atoms with Crippen LogP contribution in [0.3, 0.4) is 0 Å². The molecular weight excluding hydrogens is 449 g/mol. The molecular formula is C23H25F3N6O2. The van der Waals surface area contributed by atoms with Gasteiger partial charge in [-0.3, -0.25) is 19.2 Å². The summed E-state index contributed by atoms with van der Waals surface area (Å²) in [5.41, 5.74) is 0.489. The summed E-state index contributed by atoms with van der Waals surface area (Å²) in [7, 11) is 1.76. The van der Waals surface area contributed by atoms with Crippen LogP contribution in [0.2, 0.25) is 0 Å². The fourth-order valence-corrected chi connectivity index (χ4v) is 3.97. The number of anilines is 2. The number of rotatable bonds is 5. The molecule has 0 saturated carbocycles. The second-order valence-electron chi connectivity index (χ2n) is 8.15. The first kappa shape index (κ1) is 23.6. The van der Waals surface area contributed by atoms with Crippen molar-refractivity contribution < 1.29 is 18.0 Å². The van der Waals surface area contributed by atoms with Gasteiger partial charge in [-0.15, -0.1) is 0 Å². The average Bonchev–Trinajstić information content (AvgIpc) is 3.02. The number of halogens is 3. The minimum atomic E-state index is -4.42. The highest BCUT2D eigenvalue weighted by molar-refractivity contribution is 5.92. The van der Waals surface area contributed by atoms with Gasteiger partial charge in [0.1, 0.15) is 11.5 Å². The maximum atomic E-state index is 13.0. The Bertz CT molecular complexity index is 1210. The molecule has 3 aromatic rings. The first-order valence-corrected chi connectivity index (χ1v) is 10.8. The monoisotopic (exact) mass is 474 g/mol. The Balaban J connectivity index is 1.36. The van der Waals surface area contributed by atoms with Crippen LogP contribution >= 0.6 is 0 Å². The molecule has 0 unspecified atom stereocenters. The Morgan fingerprint density at radius 2 is 1.74 bits per heavy atom. The van der Waals surface area contributed by atoms with Crippen molar-refractivity contribution in [3.63, 3.8) is 0 Å². The molecule has 0 radical (unpaired) electrons. The lowest BCUT2D eigenvalue weighted by Gasteiger charge is -2.35. The number of pyridine rings is 1. The van der Waals surface area contributed by atoms with Crippen LogP contribution in [0.15, 0.2) is 53.5 Å². The topological polar surface area (TPSA) is 75.4 Å². The molecule has 8 nitrogen and oxygen atoms in total. The third kappa shape index (κ3) is 4.84. The van der Waals surface area contributed by atoms with E-state index in [1.165, 1.54) is 10.7 Å². The number of benzene rings is 1. The zero-order valence-electron chi connectivity index (χ0n) is 18.8. The van der Waals surface area contributed by atoms with Crippen LogP contribution in [-0.4, -0.2) is 57.9 Å². The number of carbonyl (C=O) groups is 1. The zero-order valence-corrected chi connectivity index (χ0v) is 18.8. The summed E-state index contributed by atoms with van der Waals surface area (Å²) < 4.78 is 41.4. The smallest absolute Gasteiger partial charge is 0.354 e. The van der Waals surface area contributed by atoms with Crippen molar-refractivity contribution in [2.24, 2.45) is 7.05 Å². The SMILES string of the molecule is Cc1c(NC(=O)CN2CCN(c3ccc(C(F)(F)F)cn3)CC2)c(=O)n(-c2ccccc2)n1C. The van der Waals surface area contributed by atoms with Crippen LogP contribution in [0, 0.1) is 6.92 Å². The molecule has 0 spiro atoms. The second kappa shape index (κ2) is 9.34. The van der Waals surface area contributed by atoms with Crippen LogP contribution in [0.25, 0.3) is 5.69 Å². The first-order chi connectivity index (χ1) is 16.1. The molecule has 0 atom stereocenters. The van der Waals surface area contributed by atoms with Gasteiger partial charge in [-0.25, -0.2) is 9.67 Å². The molecule has 1 amide bonds. The van der Waals surface area contributed by atoms with E-state index in [2.05, 4.69) is 10.3 Å². The maximum absolute atomic E-state index is 13.0. The largest absolute Gasteiger partial charge is 0.417 e. The third-order valence-corrected chi connectivity index (χ3v) is 5.96. The van der Waals surface area contributed by atoms with Crippen LogP contribution in [0.1, 0.15) is 11.3 Å². The van der Waals surface area contributed by atoms with Crippen molar-refractivity contribution in [2.45, 2.75) is 13.1 Å². The zero-order chi connectivity index (χ0) is 24.5. The summed E-state index contributed by atoms with van der Waals surface area (Å²) in [6.45, 7) is 4.00. The van der Waals surface area contributed by atoms with Gasteiger partial charge in [0, 0.05) is 39.4 Å². The van der Waals surface area contributed by atoms with Gasteiger partial charge in [-0.2, -0.15) is 13.2 Å². The lowest BCUT2D eigenvalue weighted by molar-refractivity contribution is -0.137. The Hall–Kier alpha value is -3.60. The fourth-order valence-electron chi connectivity index (χ4n) is 3.97. The molecule has 34 heavy (non-hydrogen) atoms. The molecule has 1 N–H and O–H groups in total. The lowest BCUT2D eigenvalue weighted by atomic mass is 10.2. The number of nitrogens with one attached hydrogen (secondary N) is 1. The van der Waals surface area contributed by atoms with Gasteiger partial charge in [-0.1, -0.05) is 18.2 Å². The first-order valence-electron chi connectivity index (χ1n) is 10.8. The molecule has 2 aromatic heterocycles. The summed E-state index contributed by atoms with van der Waals surface area (Å²) in [6.07, 6.45) is -3.58. The predicted molar refractivity (Wildman–Crippen MR) is 122 cm³/mol. The van der Waals surface area contributed by atoms with E-state index in [-0.39, 0.29) is 23.7 Å². The van der Waals surface area contributed by atoms with E-state index < -0.39 is 11.7 Å². The van der Waals surface area contributed by atoms with Gasteiger partial charge in [-0.05, 0) is 31.2 Å². The highest BCUT2D eigenvalue weighted by atomic mass is 19.4. The average molecular weight is 474 g/mol. The molecule has 1 saturated heterocycles. The molecule has 0 bridgehead atoms. The number of hydrogen-bond donors (Lipinski definition) is 1. The highest BCUT2D eigenvalue weighted by Crippen LogP contribution is 2.29. The number of hydrogen-bond acceptors (Lipinski definition) is 5. The van der Waals surface area contributed by atoms with Crippen molar-refractivity contribution >= 4 is 17.4 Å². The van der Waals surface area contributed by atoms with E-state index in [0.717, 1.165) is 12.3 Å². The van der Waals surface area contributed by atoms with Gasteiger partial charge in [0.05, 0.1) is 23.5 Å². The number of para-hydroxylation sites is 1. The fraction of sp³-hybridized carbons (Fsp3) is 0.348. The standard InChI is InChI=1S/C23H25F3N6O2/c1-16-21(22(34)32(29(16)2)18-6-4-3-5-7-18)28-20(33)15-30-10-12-31(13-11-30)19-9-8-17(14-27-19)23(24,25)26/h3-9,14H,10-13,15H2,1-2H3,(H,28,33). The van der Waals surface area contributed by atoms with E-state index >= 15 is 0 Å². The number of carbonyl (C=O) groups excluding carboxylic acids is 1. The van der Waals surface area contributed by atoms with Gasteiger partial charge < -0.3 is 10.2 Å². The maximum Gasteiger partial charge on any atom is 0.417 e. The summed E-state index contributed by atoms with van der Waals surface area (Å²) in [6, 6.07) is 11.5. The molecule has 3 heterocycles. The molecule has 1 fully saturated rings. The van der Waals surface area contributed by atoms with E-state index in [1.54, 1.807) is 18.7 Å². The second-order valence-corrected chi connectivity index (χ2v) is 8.15. The number of amides is 1. The van der Waals surface area contributed by atoms with Gasteiger partial charge in [0.15, 0.2) is 0 Å². The molecule has 1 aromatic carbocycles. The molecule has 1 aliphatic rings. The van der Waals surface area contributed by atoms with Crippen molar-refractivity contribution in [1.82, 2.24) is 19.2 Å². The lowest BCUT2D eigenvalue weighted by Crippen LogP contribution is -2.49. The van der Waals surface area contributed by atoms with Crippen molar-refractivity contribution in [2.75, 3.05) is 42.9 Å². The number of aromatic nitrogens is 3. The van der Waals surface area contributed by atoms with Gasteiger partial charge in [0.25, 0.3) is 5.56 Å². The van der Waals surface area contributed by atoms with Crippen LogP contribution in [-0.2, 0) is 18.0 Å². The number of piperazine rings is 1. The summed E-state index contributed by atoms with van der Waals surface area (Å²) in [5.74, 6) is 0.172. The van der Waals surface area contributed by atoms with E-state index in [0.29, 0.717) is 43.4 Å². The third-order valence-electron chi connectivity index (χ3n) is 5.96. The van der Waals surface area contributed by atoms with E-state index in [4.69, 9.17) is 0 Å². The minimum absolute atomic E-state index is 0.105. The molecule has 1 aliphatic heterocycles. The van der Waals surface area contributed by atoms with Gasteiger partial charge >= 0.3 is 6.18 Å². The number of alkyl halides is 3. The quantitative estimate of drug-likeness (QED) is 0.616. The van der Waals surface area contributed by atoms with Crippen molar-refractivity contribution in [1.29, 1.82) is 0 Å². The summed E-state index contributed by atoms with van der Waals surface area (Å²) in [4.78, 5) is 33.4. The van der Waals surface area contributed by atoms with Crippen LogP contribution in [0.5, 0.6) is 0 Å². The van der Waals surface area contributed by atoms with E-state index in [1.807, 2.05) is 40.1 Å². The Morgan fingerprint density at radius 3 is 2.32 bits per heavy atom. The minimum Gasteiger partial charge on any atom is -0.354 e. The van der Waals surface area contributed by atoms with E-state index in [9.17, 15) is 22.8 Å².